The summed E-state index contributed by atoms with van der Waals surface area (Å²) in [5, 5.41) is 0.528. The first-order chi connectivity index (χ1) is 12.2. The second-order valence-corrected chi connectivity index (χ2v) is 6.94. The maximum absolute atomic E-state index is 13.0. The Bertz CT molecular complexity index is 634. The molecular formula is C18H21ClF3NO3. The number of alkyl halides is 3. The van der Waals surface area contributed by atoms with E-state index in [9.17, 15) is 22.8 Å². The molecule has 0 heterocycles. The highest BCUT2D eigenvalue weighted by atomic mass is 35.5. The largest absolute Gasteiger partial charge is 0.468 e. The minimum atomic E-state index is -4.30. The van der Waals surface area contributed by atoms with E-state index in [0.29, 0.717) is 17.9 Å². The first kappa shape index (κ1) is 20.6. The molecule has 144 valence electrons. The average Bonchev–Trinajstić information content (AvgIpc) is 2.61. The topological polar surface area (TPSA) is 46.6 Å². The van der Waals surface area contributed by atoms with Crippen LogP contribution in [-0.4, -0.2) is 36.6 Å². The average molecular weight is 392 g/mol. The van der Waals surface area contributed by atoms with Gasteiger partial charge in [0.1, 0.15) is 6.54 Å². The van der Waals surface area contributed by atoms with E-state index in [1.807, 2.05) is 0 Å². The number of rotatable bonds is 5. The zero-order chi connectivity index (χ0) is 19.3. The molecule has 1 saturated carbocycles. The van der Waals surface area contributed by atoms with Crippen molar-refractivity contribution in [3.05, 3.63) is 34.9 Å². The van der Waals surface area contributed by atoms with Gasteiger partial charge < -0.3 is 9.64 Å². The standard InChI is InChI=1S/C18H21ClF3NO3/c1-26-16(24)11-23(10-12-5-7-15(19)8-6-12)17(25)13-3-2-4-14(9-13)18(20,21)22/h5-8,13-14H,2-4,9-11H2,1H3. The van der Waals surface area contributed by atoms with Gasteiger partial charge in [-0.15, -0.1) is 0 Å². The minimum Gasteiger partial charge on any atom is -0.468 e. The molecule has 0 saturated heterocycles. The van der Waals surface area contributed by atoms with Crippen LogP contribution in [0.5, 0.6) is 0 Å². The molecule has 0 N–H and O–H groups in total. The summed E-state index contributed by atoms with van der Waals surface area (Å²) in [6.45, 7) is -0.191. The molecule has 0 aromatic heterocycles. The molecule has 0 aliphatic heterocycles. The first-order valence-corrected chi connectivity index (χ1v) is 8.75. The molecular weight excluding hydrogens is 371 g/mol. The van der Waals surface area contributed by atoms with E-state index in [-0.39, 0.29) is 25.9 Å². The predicted octanol–water partition coefficient (Wildman–Crippen LogP) is 4.21. The number of ether oxygens (including phenoxy) is 1. The van der Waals surface area contributed by atoms with Crippen LogP contribution in [0.1, 0.15) is 31.2 Å². The Morgan fingerprint density at radius 1 is 1.23 bits per heavy atom. The van der Waals surface area contributed by atoms with E-state index in [2.05, 4.69) is 4.74 Å². The Labute approximate surface area is 155 Å². The molecule has 1 aliphatic rings. The smallest absolute Gasteiger partial charge is 0.391 e. The third-order valence-corrected chi connectivity index (χ3v) is 4.88. The number of carbonyl (C=O) groups excluding carboxylic acids is 2. The van der Waals surface area contributed by atoms with Crippen molar-refractivity contribution >= 4 is 23.5 Å². The summed E-state index contributed by atoms with van der Waals surface area (Å²) in [7, 11) is 1.20. The molecule has 8 heteroatoms. The molecule has 1 aromatic carbocycles. The molecule has 26 heavy (non-hydrogen) atoms. The SMILES string of the molecule is COC(=O)CN(Cc1ccc(Cl)cc1)C(=O)C1CCCC(C(F)(F)F)C1. The van der Waals surface area contributed by atoms with Gasteiger partial charge in [0.15, 0.2) is 0 Å². The number of amides is 1. The van der Waals surface area contributed by atoms with E-state index < -0.39 is 29.9 Å². The number of halogens is 4. The maximum Gasteiger partial charge on any atom is 0.391 e. The summed E-state index contributed by atoms with van der Waals surface area (Å²) in [6.07, 6.45) is -3.76. The molecule has 0 radical (unpaired) electrons. The maximum atomic E-state index is 13.0. The van der Waals surface area contributed by atoms with Crippen molar-refractivity contribution in [3.8, 4) is 0 Å². The van der Waals surface area contributed by atoms with Crippen molar-refractivity contribution in [3.63, 3.8) is 0 Å². The van der Waals surface area contributed by atoms with E-state index >= 15 is 0 Å². The van der Waals surface area contributed by atoms with Crippen LogP contribution in [0.4, 0.5) is 13.2 Å². The lowest BCUT2D eigenvalue weighted by molar-refractivity contribution is -0.187. The van der Waals surface area contributed by atoms with E-state index in [0.717, 1.165) is 5.56 Å². The second kappa shape index (κ2) is 8.75. The molecule has 1 aliphatic carbocycles. The fraction of sp³-hybridized carbons (Fsp3) is 0.556. The molecule has 1 amide bonds. The van der Waals surface area contributed by atoms with Gasteiger partial charge in [-0.1, -0.05) is 30.2 Å². The summed E-state index contributed by atoms with van der Waals surface area (Å²) in [5.41, 5.74) is 0.731. The van der Waals surface area contributed by atoms with Gasteiger partial charge >= 0.3 is 12.1 Å². The molecule has 2 atom stereocenters. The lowest BCUT2D eigenvalue weighted by Gasteiger charge is -2.33. The fourth-order valence-corrected chi connectivity index (χ4v) is 3.34. The fourth-order valence-electron chi connectivity index (χ4n) is 3.21. The van der Waals surface area contributed by atoms with Crippen LogP contribution in [-0.2, 0) is 20.9 Å². The van der Waals surface area contributed by atoms with Crippen LogP contribution < -0.4 is 0 Å². The Hall–Kier alpha value is -1.76. The van der Waals surface area contributed by atoms with Gasteiger partial charge in [-0.2, -0.15) is 13.2 Å². The molecule has 0 bridgehead atoms. The summed E-state index contributed by atoms with van der Waals surface area (Å²) in [5.74, 6) is -3.28. The number of benzene rings is 1. The van der Waals surface area contributed by atoms with Crippen molar-refractivity contribution in [1.82, 2.24) is 4.90 Å². The van der Waals surface area contributed by atoms with Crippen molar-refractivity contribution in [1.29, 1.82) is 0 Å². The lowest BCUT2D eigenvalue weighted by Crippen LogP contribution is -2.42. The predicted molar refractivity (Wildman–Crippen MR) is 90.4 cm³/mol. The molecule has 2 rings (SSSR count). The number of esters is 1. The van der Waals surface area contributed by atoms with Gasteiger partial charge in [0.2, 0.25) is 5.91 Å². The second-order valence-electron chi connectivity index (χ2n) is 6.50. The van der Waals surface area contributed by atoms with Crippen LogP contribution in [0.2, 0.25) is 5.02 Å². The van der Waals surface area contributed by atoms with E-state index in [1.165, 1.54) is 12.0 Å². The third-order valence-electron chi connectivity index (χ3n) is 4.63. The number of nitrogens with zero attached hydrogens (tertiary/aromatic N) is 1. The highest BCUT2D eigenvalue weighted by Gasteiger charge is 2.44. The van der Waals surface area contributed by atoms with Gasteiger partial charge in [0, 0.05) is 17.5 Å². The number of methoxy groups -OCH3 is 1. The van der Waals surface area contributed by atoms with Gasteiger partial charge in [0.25, 0.3) is 0 Å². The summed E-state index contributed by atoms with van der Waals surface area (Å²) in [6, 6.07) is 6.72. The lowest BCUT2D eigenvalue weighted by atomic mass is 9.80. The summed E-state index contributed by atoms with van der Waals surface area (Å²) < 4.78 is 43.7. The zero-order valence-electron chi connectivity index (χ0n) is 14.4. The van der Waals surface area contributed by atoms with E-state index in [4.69, 9.17) is 11.6 Å². The zero-order valence-corrected chi connectivity index (χ0v) is 15.1. The van der Waals surface area contributed by atoms with Crippen molar-refractivity contribution in [2.45, 2.75) is 38.4 Å². The first-order valence-electron chi connectivity index (χ1n) is 8.37. The molecule has 2 unspecified atom stereocenters. The molecule has 0 spiro atoms. The Balaban J connectivity index is 2.13. The highest BCUT2D eigenvalue weighted by molar-refractivity contribution is 6.30. The van der Waals surface area contributed by atoms with Crippen LogP contribution in [0, 0.1) is 11.8 Å². The molecule has 1 fully saturated rings. The normalized spacial score (nSPS) is 20.5. The van der Waals surface area contributed by atoms with E-state index in [1.54, 1.807) is 24.3 Å². The third kappa shape index (κ3) is 5.62. The van der Waals surface area contributed by atoms with Crippen LogP contribution >= 0.6 is 11.6 Å². The monoisotopic (exact) mass is 391 g/mol. The van der Waals surface area contributed by atoms with Gasteiger partial charge in [-0.3, -0.25) is 9.59 Å². The molecule has 1 aromatic rings. The minimum absolute atomic E-state index is 0.0431. The van der Waals surface area contributed by atoms with Gasteiger partial charge in [0.05, 0.1) is 13.0 Å². The quantitative estimate of drug-likeness (QED) is 0.706. The number of hydrogen-bond donors (Lipinski definition) is 0. The van der Waals surface area contributed by atoms with Crippen molar-refractivity contribution in [2.75, 3.05) is 13.7 Å². The van der Waals surface area contributed by atoms with Crippen molar-refractivity contribution < 1.29 is 27.5 Å². The van der Waals surface area contributed by atoms with Crippen LogP contribution in [0.3, 0.4) is 0 Å². The van der Waals surface area contributed by atoms with Crippen LogP contribution in [0.25, 0.3) is 0 Å². The summed E-state index contributed by atoms with van der Waals surface area (Å²) in [4.78, 5) is 25.7. The number of hydrogen-bond acceptors (Lipinski definition) is 3. The summed E-state index contributed by atoms with van der Waals surface area (Å²) >= 11 is 5.84. The van der Waals surface area contributed by atoms with Crippen molar-refractivity contribution in [2.24, 2.45) is 11.8 Å². The van der Waals surface area contributed by atoms with Gasteiger partial charge in [-0.05, 0) is 37.0 Å². The molecule has 4 nitrogen and oxygen atoms in total. The Kier molecular flexibility index (Phi) is 6.92. The Morgan fingerprint density at radius 2 is 1.88 bits per heavy atom. The van der Waals surface area contributed by atoms with Gasteiger partial charge in [-0.25, -0.2) is 0 Å². The Morgan fingerprint density at radius 3 is 2.46 bits per heavy atom. The highest BCUT2D eigenvalue weighted by Crippen LogP contribution is 2.40. The van der Waals surface area contributed by atoms with Crippen LogP contribution in [0.15, 0.2) is 24.3 Å². The number of carbonyl (C=O) groups is 2.